The van der Waals surface area contributed by atoms with Crippen molar-refractivity contribution in [1.29, 1.82) is 0 Å². The van der Waals surface area contributed by atoms with E-state index in [1.165, 1.54) is 7.11 Å². The first-order valence-corrected chi connectivity index (χ1v) is 6.84. The number of ether oxygens (including phenoxy) is 1. The molecule has 0 unspecified atom stereocenters. The van der Waals surface area contributed by atoms with Crippen LogP contribution >= 0.6 is 0 Å². The molecule has 0 aromatic heterocycles. The van der Waals surface area contributed by atoms with Gasteiger partial charge in [0.1, 0.15) is 5.54 Å². The first kappa shape index (κ1) is 13.9. The van der Waals surface area contributed by atoms with Crippen LogP contribution in [0.15, 0.2) is 30.3 Å². The second-order valence-electron chi connectivity index (χ2n) is 5.00. The van der Waals surface area contributed by atoms with Gasteiger partial charge in [0.05, 0.1) is 7.11 Å². The van der Waals surface area contributed by atoms with Gasteiger partial charge in [-0.25, -0.2) is 4.79 Å². The van der Waals surface area contributed by atoms with Gasteiger partial charge in [-0.1, -0.05) is 25.1 Å². The minimum Gasteiger partial charge on any atom is -0.467 e. The lowest BCUT2D eigenvalue weighted by molar-refractivity contribution is -0.147. The molecule has 0 bridgehead atoms. The summed E-state index contributed by atoms with van der Waals surface area (Å²) >= 11 is 0. The van der Waals surface area contributed by atoms with E-state index in [1.807, 2.05) is 30.3 Å². The van der Waals surface area contributed by atoms with Gasteiger partial charge >= 0.3 is 5.97 Å². The van der Waals surface area contributed by atoms with Gasteiger partial charge < -0.3 is 15.0 Å². The predicted octanol–water partition coefficient (Wildman–Crippen LogP) is 2.13. The van der Waals surface area contributed by atoms with E-state index in [2.05, 4.69) is 17.1 Å². The quantitative estimate of drug-likeness (QED) is 0.844. The maximum absolute atomic E-state index is 12.2. The van der Waals surface area contributed by atoms with Crippen molar-refractivity contribution in [3.8, 4) is 0 Å². The molecular formula is C15H22N2O2. The number of hydrogen-bond donors (Lipinski definition) is 1. The van der Waals surface area contributed by atoms with Crippen LogP contribution in [0, 0.1) is 0 Å². The van der Waals surface area contributed by atoms with Gasteiger partial charge in [-0.15, -0.1) is 0 Å². The highest BCUT2D eigenvalue weighted by atomic mass is 16.5. The van der Waals surface area contributed by atoms with Crippen LogP contribution in [0.5, 0.6) is 0 Å². The number of piperidine rings is 1. The number of rotatable bonds is 4. The Balaban J connectivity index is 2.15. The third-order valence-electron chi connectivity index (χ3n) is 3.89. The van der Waals surface area contributed by atoms with Crippen molar-refractivity contribution in [1.82, 2.24) is 4.90 Å². The summed E-state index contributed by atoms with van der Waals surface area (Å²) in [6.07, 6.45) is 1.56. The molecule has 1 saturated heterocycles. The van der Waals surface area contributed by atoms with Gasteiger partial charge in [0.25, 0.3) is 0 Å². The molecule has 0 radical (unpaired) electrons. The maximum atomic E-state index is 12.2. The lowest BCUT2D eigenvalue weighted by Gasteiger charge is -2.40. The van der Waals surface area contributed by atoms with Crippen molar-refractivity contribution in [3.05, 3.63) is 30.3 Å². The van der Waals surface area contributed by atoms with Crippen LogP contribution in [0.4, 0.5) is 5.69 Å². The molecule has 0 saturated carbocycles. The van der Waals surface area contributed by atoms with E-state index in [0.717, 1.165) is 38.2 Å². The number of esters is 1. The van der Waals surface area contributed by atoms with Crippen molar-refractivity contribution in [2.45, 2.75) is 25.3 Å². The predicted molar refractivity (Wildman–Crippen MR) is 76.2 cm³/mol. The lowest BCUT2D eigenvalue weighted by Crippen LogP contribution is -2.54. The fraction of sp³-hybridized carbons (Fsp3) is 0.533. The average Bonchev–Trinajstić information content (AvgIpc) is 2.48. The van der Waals surface area contributed by atoms with Crippen molar-refractivity contribution in [2.24, 2.45) is 0 Å². The number of para-hydroxylation sites is 1. The number of hydrogen-bond acceptors (Lipinski definition) is 4. The molecule has 19 heavy (non-hydrogen) atoms. The van der Waals surface area contributed by atoms with Gasteiger partial charge in [0.2, 0.25) is 0 Å². The summed E-state index contributed by atoms with van der Waals surface area (Å²) in [5.41, 5.74) is 0.389. The summed E-state index contributed by atoms with van der Waals surface area (Å²) in [6.45, 7) is 5.02. The normalized spacial score (nSPS) is 18.8. The molecule has 4 nitrogen and oxygen atoms in total. The van der Waals surface area contributed by atoms with Crippen LogP contribution in [0.25, 0.3) is 0 Å². The van der Waals surface area contributed by atoms with E-state index in [4.69, 9.17) is 4.74 Å². The Bertz CT molecular complexity index is 411. The van der Waals surface area contributed by atoms with E-state index < -0.39 is 5.54 Å². The Morgan fingerprint density at radius 2 is 1.95 bits per heavy atom. The number of nitrogens with zero attached hydrogens (tertiary/aromatic N) is 1. The number of nitrogens with one attached hydrogen (secondary N) is 1. The summed E-state index contributed by atoms with van der Waals surface area (Å²) in [4.78, 5) is 14.5. The Kier molecular flexibility index (Phi) is 4.43. The third-order valence-corrected chi connectivity index (χ3v) is 3.89. The number of likely N-dealkylation sites (tertiary alicyclic amines) is 1. The molecule has 0 atom stereocenters. The van der Waals surface area contributed by atoms with Crippen LogP contribution in [0.3, 0.4) is 0 Å². The fourth-order valence-electron chi connectivity index (χ4n) is 2.62. The van der Waals surface area contributed by atoms with E-state index in [9.17, 15) is 4.79 Å². The van der Waals surface area contributed by atoms with E-state index >= 15 is 0 Å². The molecule has 104 valence electrons. The highest BCUT2D eigenvalue weighted by Crippen LogP contribution is 2.28. The summed E-state index contributed by atoms with van der Waals surface area (Å²) in [5.74, 6) is -0.160. The van der Waals surface area contributed by atoms with E-state index in [-0.39, 0.29) is 5.97 Å². The highest BCUT2D eigenvalue weighted by Gasteiger charge is 2.42. The van der Waals surface area contributed by atoms with Crippen LogP contribution in [-0.4, -0.2) is 43.2 Å². The summed E-state index contributed by atoms with van der Waals surface area (Å²) in [5, 5.41) is 3.39. The Morgan fingerprint density at radius 3 is 2.47 bits per heavy atom. The number of methoxy groups -OCH3 is 1. The molecule has 1 aromatic rings. The second-order valence-corrected chi connectivity index (χ2v) is 5.00. The molecular weight excluding hydrogens is 240 g/mol. The smallest absolute Gasteiger partial charge is 0.331 e. The SMILES string of the molecule is CCN1CCC(Nc2ccccc2)(C(=O)OC)CC1. The molecule has 1 aliphatic rings. The average molecular weight is 262 g/mol. The van der Waals surface area contributed by atoms with Gasteiger partial charge in [-0.05, 0) is 31.5 Å². The molecule has 0 amide bonds. The molecule has 1 aliphatic heterocycles. The van der Waals surface area contributed by atoms with Crippen molar-refractivity contribution in [3.63, 3.8) is 0 Å². The van der Waals surface area contributed by atoms with E-state index in [1.54, 1.807) is 0 Å². The molecule has 4 heteroatoms. The molecule has 1 heterocycles. The molecule has 2 rings (SSSR count). The first-order chi connectivity index (χ1) is 9.20. The number of carbonyl (C=O) groups is 1. The minimum absolute atomic E-state index is 0.160. The zero-order valence-corrected chi connectivity index (χ0v) is 11.7. The summed E-state index contributed by atoms with van der Waals surface area (Å²) in [7, 11) is 1.46. The van der Waals surface area contributed by atoms with Crippen LogP contribution in [-0.2, 0) is 9.53 Å². The number of carbonyl (C=O) groups excluding carboxylic acids is 1. The Hall–Kier alpha value is -1.55. The summed E-state index contributed by atoms with van der Waals surface area (Å²) in [6, 6.07) is 9.87. The van der Waals surface area contributed by atoms with Gasteiger partial charge in [0.15, 0.2) is 0 Å². The van der Waals surface area contributed by atoms with Gasteiger partial charge in [0, 0.05) is 18.8 Å². The summed E-state index contributed by atoms with van der Waals surface area (Å²) < 4.78 is 5.01. The third kappa shape index (κ3) is 3.07. The van der Waals surface area contributed by atoms with Gasteiger partial charge in [-0.3, -0.25) is 0 Å². The maximum Gasteiger partial charge on any atom is 0.331 e. The van der Waals surface area contributed by atoms with Crippen molar-refractivity contribution in [2.75, 3.05) is 32.1 Å². The van der Waals surface area contributed by atoms with Crippen LogP contribution in [0.1, 0.15) is 19.8 Å². The molecule has 0 spiro atoms. The zero-order chi connectivity index (χ0) is 13.7. The number of benzene rings is 1. The Labute approximate surface area is 114 Å². The monoisotopic (exact) mass is 262 g/mol. The topological polar surface area (TPSA) is 41.6 Å². The molecule has 1 fully saturated rings. The van der Waals surface area contributed by atoms with E-state index in [0.29, 0.717) is 0 Å². The van der Waals surface area contributed by atoms with Crippen LogP contribution < -0.4 is 5.32 Å². The molecule has 0 aliphatic carbocycles. The van der Waals surface area contributed by atoms with Crippen molar-refractivity contribution < 1.29 is 9.53 Å². The second kappa shape index (κ2) is 6.06. The van der Waals surface area contributed by atoms with Crippen LogP contribution in [0.2, 0.25) is 0 Å². The zero-order valence-electron chi connectivity index (χ0n) is 11.7. The largest absolute Gasteiger partial charge is 0.467 e. The number of anilines is 1. The van der Waals surface area contributed by atoms with Crippen molar-refractivity contribution >= 4 is 11.7 Å². The first-order valence-electron chi connectivity index (χ1n) is 6.84. The highest BCUT2D eigenvalue weighted by molar-refractivity contribution is 5.84. The lowest BCUT2D eigenvalue weighted by atomic mass is 9.87. The Morgan fingerprint density at radius 1 is 1.32 bits per heavy atom. The standard InChI is InChI=1S/C15H22N2O2/c1-3-17-11-9-15(10-12-17,14(18)19-2)16-13-7-5-4-6-8-13/h4-8,16H,3,9-12H2,1-2H3. The van der Waals surface area contributed by atoms with Gasteiger partial charge in [-0.2, -0.15) is 0 Å². The fourth-order valence-corrected chi connectivity index (χ4v) is 2.62. The molecule has 1 N–H and O–H groups in total. The minimum atomic E-state index is -0.582. The molecule has 1 aromatic carbocycles.